The van der Waals surface area contributed by atoms with E-state index in [1.54, 1.807) is 12.1 Å². The summed E-state index contributed by atoms with van der Waals surface area (Å²) in [4.78, 5) is 18.2. The molecule has 2 saturated heterocycles. The molecule has 2 atom stereocenters. The number of rotatable bonds is 3. The number of nitrogens with two attached hydrogens (primary N) is 1. The molecule has 2 bridgehead atoms. The van der Waals surface area contributed by atoms with Crippen LogP contribution in [0.5, 0.6) is 0 Å². The molecule has 0 radical (unpaired) electrons. The molecule has 2 fully saturated rings. The highest BCUT2D eigenvalue weighted by molar-refractivity contribution is 5.93. The van der Waals surface area contributed by atoms with E-state index in [0.29, 0.717) is 23.7 Å². The number of hydrogen-bond acceptors (Lipinski definition) is 4. The van der Waals surface area contributed by atoms with Crippen molar-refractivity contribution in [1.29, 1.82) is 0 Å². The lowest BCUT2D eigenvalue weighted by molar-refractivity contribution is 0.1000. The van der Waals surface area contributed by atoms with E-state index < -0.39 is 5.91 Å². The maximum atomic E-state index is 11.4. The quantitative estimate of drug-likeness (QED) is 0.869. The molecule has 2 aliphatic rings. The molecule has 20 heavy (non-hydrogen) atoms. The number of pyridine rings is 1. The van der Waals surface area contributed by atoms with Crippen LogP contribution >= 0.6 is 0 Å². The first-order valence-electron chi connectivity index (χ1n) is 7.30. The third-order valence-corrected chi connectivity index (χ3v) is 4.58. The van der Waals surface area contributed by atoms with Crippen molar-refractivity contribution in [2.45, 2.75) is 50.7 Å². The summed E-state index contributed by atoms with van der Waals surface area (Å²) in [7, 11) is 2.07. The number of carbonyl (C=O) groups excluding carboxylic acids is 1. The van der Waals surface area contributed by atoms with Crippen LogP contribution in [0.4, 0.5) is 5.82 Å². The van der Waals surface area contributed by atoms with Gasteiger partial charge in [0.25, 0.3) is 0 Å². The first kappa shape index (κ1) is 13.4. The van der Waals surface area contributed by atoms with E-state index >= 15 is 0 Å². The van der Waals surface area contributed by atoms with Gasteiger partial charge in [-0.3, -0.25) is 4.79 Å². The van der Waals surface area contributed by atoms with Crippen molar-refractivity contribution in [3.05, 3.63) is 23.4 Å². The molecule has 2 aliphatic heterocycles. The van der Waals surface area contributed by atoms with Crippen LogP contribution < -0.4 is 16.0 Å². The zero-order chi connectivity index (χ0) is 14.3. The van der Waals surface area contributed by atoms with Crippen LogP contribution in [0.25, 0.3) is 0 Å². The summed E-state index contributed by atoms with van der Waals surface area (Å²) in [6.07, 6.45) is 4.86. The number of primary amides is 1. The number of anilines is 1. The van der Waals surface area contributed by atoms with Gasteiger partial charge in [0.05, 0.1) is 0 Å². The van der Waals surface area contributed by atoms with Gasteiger partial charge in [-0.15, -0.1) is 0 Å². The van der Waals surface area contributed by atoms with Gasteiger partial charge < -0.3 is 16.0 Å². The van der Waals surface area contributed by atoms with Gasteiger partial charge in [-0.1, -0.05) is 0 Å². The molecule has 0 saturated carbocycles. The molecule has 3 heterocycles. The predicted molar refractivity (Wildman–Crippen MR) is 78.9 cm³/mol. The monoisotopic (exact) mass is 274 g/mol. The Kier molecular flexibility index (Phi) is 3.38. The molecular weight excluding hydrogens is 252 g/mol. The summed E-state index contributed by atoms with van der Waals surface area (Å²) in [5.41, 5.74) is 6.76. The number of piperidine rings is 1. The molecule has 1 amide bonds. The van der Waals surface area contributed by atoms with Crippen LogP contribution in [-0.4, -0.2) is 36.1 Å². The van der Waals surface area contributed by atoms with Gasteiger partial charge in [0.2, 0.25) is 5.91 Å². The molecule has 3 rings (SSSR count). The summed E-state index contributed by atoms with van der Waals surface area (Å²) in [6.45, 7) is 1.90. The topological polar surface area (TPSA) is 71.2 Å². The van der Waals surface area contributed by atoms with E-state index in [1.165, 1.54) is 12.8 Å². The molecule has 3 N–H and O–H groups in total. The first-order valence-corrected chi connectivity index (χ1v) is 7.30. The number of amides is 1. The summed E-state index contributed by atoms with van der Waals surface area (Å²) < 4.78 is 0. The van der Waals surface area contributed by atoms with Crippen molar-refractivity contribution in [2.75, 3.05) is 11.9 Å². The Labute approximate surface area is 119 Å². The van der Waals surface area contributed by atoms with E-state index in [2.05, 4.69) is 22.2 Å². The van der Waals surface area contributed by atoms with Gasteiger partial charge >= 0.3 is 0 Å². The van der Waals surface area contributed by atoms with Gasteiger partial charge in [0, 0.05) is 36.4 Å². The molecule has 0 spiro atoms. The smallest absolute Gasteiger partial charge is 0.248 e. The average Bonchev–Trinajstić information content (AvgIpc) is 2.75. The van der Waals surface area contributed by atoms with Crippen molar-refractivity contribution >= 4 is 11.7 Å². The van der Waals surface area contributed by atoms with E-state index in [-0.39, 0.29) is 0 Å². The fraction of sp³-hybridized carbons (Fsp3) is 0.600. The van der Waals surface area contributed by atoms with Gasteiger partial charge in [-0.2, -0.15) is 0 Å². The second-order valence-corrected chi connectivity index (χ2v) is 6.09. The maximum Gasteiger partial charge on any atom is 0.248 e. The van der Waals surface area contributed by atoms with Crippen molar-refractivity contribution in [1.82, 2.24) is 10.3 Å². The minimum Gasteiger partial charge on any atom is -0.366 e. The van der Waals surface area contributed by atoms with Gasteiger partial charge in [-0.25, -0.2) is 4.98 Å². The average molecular weight is 274 g/mol. The fourth-order valence-electron chi connectivity index (χ4n) is 3.50. The van der Waals surface area contributed by atoms with Gasteiger partial charge in [-0.05, 0) is 44.7 Å². The highest BCUT2D eigenvalue weighted by Crippen LogP contribution is 2.31. The summed E-state index contributed by atoms with van der Waals surface area (Å²) >= 11 is 0. The van der Waals surface area contributed by atoms with E-state index in [1.807, 2.05) is 6.92 Å². The van der Waals surface area contributed by atoms with Gasteiger partial charge in [0.15, 0.2) is 0 Å². The minimum absolute atomic E-state index is 0.393. The highest BCUT2D eigenvalue weighted by atomic mass is 16.1. The predicted octanol–water partition coefficient (Wildman–Crippen LogP) is 1.21. The number of nitrogens with one attached hydrogen (secondary N) is 1. The Morgan fingerprint density at radius 3 is 2.60 bits per heavy atom. The summed E-state index contributed by atoms with van der Waals surface area (Å²) in [5.74, 6) is 0.459. The van der Waals surface area contributed by atoms with E-state index in [4.69, 9.17) is 5.73 Å². The van der Waals surface area contributed by atoms with E-state index in [0.717, 1.165) is 24.4 Å². The Morgan fingerprint density at radius 1 is 1.35 bits per heavy atom. The second-order valence-electron chi connectivity index (χ2n) is 6.09. The van der Waals surface area contributed by atoms with Crippen LogP contribution in [0.15, 0.2) is 12.1 Å². The maximum absolute atomic E-state index is 11.4. The van der Waals surface area contributed by atoms with Crippen molar-refractivity contribution in [3.8, 4) is 0 Å². The summed E-state index contributed by atoms with van der Waals surface area (Å²) in [5, 5.41) is 3.65. The standard InChI is InChI=1S/C15H22N4O/c1-9-5-10(15(16)20)6-14(17-9)19(2)13-7-11-3-4-12(8-13)18-11/h5-6,11-13,18H,3-4,7-8H2,1-2H3,(H2,16,20). The third-order valence-electron chi connectivity index (χ3n) is 4.58. The zero-order valence-electron chi connectivity index (χ0n) is 12.1. The third kappa shape index (κ3) is 2.50. The van der Waals surface area contributed by atoms with Gasteiger partial charge in [0.1, 0.15) is 5.82 Å². The fourth-order valence-corrected chi connectivity index (χ4v) is 3.50. The molecule has 2 unspecified atom stereocenters. The number of aromatic nitrogens is 1. The molecule has 0 aliphatic carbocycles. The Morgan fingerprint density at radius 2 is 2.00 bits per heavy atom. The molecule has 5 heteroatoms. The Bertz CT molecular complexity index is 519. The molecule has 1 aromatic rings. The molecule has 5 nitrogen and oxygen atoms in total. The van der Waals surface area contributed by atoms with Crippen molar-refractivity contribution in [3.63, 3.8) is 0 Å². The zero-order valence-corrected chi connectivity index (χ0v) is 12.1. The summed E-state index contributed by atoms with van der Waals surface area (Å²) in [6, 6.07) is 5.32. The van der Waals surface area contributed by atoms with Crippen LogP contribution in [0, 0.1) is 6.92 Å². The SMILES string of the molecule is Cc1cc(C(N)=O)cc(N(C)C2CC3CCC(C2)N3)n1. The van der Waals surface area contributed by atoms with Crippen LogP contribution in [-0.2, 0) is 0 Å². The number of hydrogen-bond donors (Lipinski definition) is 2. The molecular formula is C15H22N4O. The molecule has 1 aromatic heterocycles. The molecule has 108 valence electrons. The Hall–Kier alpha value is -1.62. The van der Waals surface area contributed by atoms with E-state index in [9.17, 15) is 4.79 Å². The van der Waals surface area contributed by atoms with Crippen LogP contribution in [0.3, 0.4) is 0 Å². The second kappa shape index (κ2) is 5.05. The lowest BCUT2D eigenvalue weighted by Gasteiger charge is -2.36. The highest BCUT2D eigenvalue weighted by Gasteiger charge is 2.35. The lowest BCUT2D eigenvalue weighted by Crippen LogP contribution is -2.47. The number of fused-ring (bicyclic) bond motifs is 2. The number of aryl methyl sites for hydroxylation is 1. The number of nitrogens with zero attached hydrogens (tertiary/aromatic N) is 2. The number of carbonyl (C=O) groups is 1. The lowest BCUT2D eigenvalue weighted by atomic mass is 9.98. The minimum atomic E-state index is -0.393. The van der Waals surface area contributed by atoms with Crippen molar-refractivity contribution < 1.29 is 4.79 Å². The largest absolute Gasteiger partial charge is 0.366 e. The Balaban J connectivity index is 1.83. The van der Waals surface area contributed by atoms with Crippen LogP contribution in [0.1, 0.15) is 41.7 Å². The normalized spacial score (nSPS) is 28.4. The van der Waals surface area contributed by atoms with Crippen molar-refractivity contribution in [2.24, 2.45) is 5.73 Å². The molecule has 0 aromatic carbocycles. The first-order chi connectivity index (χ1) is 9.52. The van der Waals surface area contributed by atoms with Crippen LogP contribution in [0.2, 0.25) is 0 Å².